The van der Waals surface area contributed by atoms with Crippen molar-refractivity contribution < 1.29 is 27.9 Å². The lowest BCUT2D eigenvalue weighted by Gasteiger charge is -2.29. The molecule has 1 atom stereocenters. The molecule has 0 aliphatic carbocycles. The van der Waals surface area contributed by atoms with Crippen molar-refractivity contribution in [3.05, 3.63) is 0 Å². The first-order chi connectivity index (χ1) is 8.94. The summed E-state index contributed by atoms with van der Waals surface area (Å²) in [7, 11) is 0. The first kappa shape index (κ1) is 18.5. The van der Waals surface area contributed by atoms with Crippen LogP contribution in [0.3, 0.4) is 0 Å². The fraction of sp³-hybridized carbons (Fsp3) is 0.833. The minimum atomic E-state index is -4.53. The lowest BCUT2D eigenvalue weighted by Crippen LogP contribution is -2.52. The molecule has 0 fully saturated rings. The van der Waals surface area contributed by atoms with Crippen LogP contribution in [0.4, 0.5) is 18.0 Å². The van der Waals surface area contributed by atoms with Crippen molar-refractivity contribution in [2.45, 2.75) is 52.4 Å². The van der Waals surface area contributed by atoms with Gasteiger partial charge in [-0.3, -0.25) is 0 Å². The van der Waals surface area contributed by atoms with Crippen LogP contribution in [0.15, 0.2) is 0 Å². The van der Waals surface area contributed by atoms with Gasteiger partial charge in [0.05, 0.1) is 0 Å². The molecular formula is C12H21F3N2O3. The quantitative estimate of drug-likeness (QED) is 0.791. The summed E-state index contributed by atoms with van der Waals surface area (Å²) in [6, 6.07) is -2.91. The average molecular weight is 298 g/mol. The van der Waals surface area contributed by atoms with Crippen LogP contribution in [-0.2, 0) is 4.79 Å². The molecule has 2 N–H and O–H groups in total. The number of rotatable bonds is 6. The van der Waals surface area contributed by atoms with E-state index in [9.17, 15) is 22.8 Å². The summed E-state index contributed by atoms with van der Waals surface area (Å²) >= 11 is 0. The molecule has 0 aliphatic heterocycles. The average Bonchev–Trinajstić information content (AvgIpc) is 2.22. The van der Waals surface area contributed by atoms with Crippen molar-refractivity contribution in [1.82, 2.24) is 10.2 Å². The molecule has 0 unspecified atom stereocenters. The number of carboxylic acid groups (broad SMARTS) is 1. The molecule has 0 aromatic carbocycles. The summed E-state index contributed by atoms with van der Waals surface area (Å²) in [6.07, 6.45) is -4.38. The monoisotopic (exact) mass is 298 g/mol. The lowest BCUT2D eigenvalue weighted by molar-refractivity contribution is -0.143. The second-order valence-electron chi connectivity index (χ2n) is 5.31. The number of nitrogens with one attached hydrogen (secondary N) is 1. The van der Waals surface area contributed by atoms with Crippen LogP contribution in [0.25, 0.3) is 0 Å². The molecule has 8 heteroatoms. The number of hydrogen-bond donors (Lipinski definition) is 2. The molecule has 0 aromatic rings. The third kappa shape index (κ3) is 7.20. The van der Waals surface area contributed by atoms with Crippen LogP contribution >= 0.6 is 0 Å². The van der Waals surface area contributed by atoms with Crippen LogP contribution in [0.2, 0.25) is 0 Å². The Bertz CT molecular complexity index is 343. The topological polar surface area (TPSA) is 69.6 Å². The van der Waals surface area contributed by atoms with Crippen molar-refractivity contribution >= 4 is 12.0 Å². The first-order valence-corrected chi connectivity index (χ1v) is 6.30. The SMILES string of the molecule is CC(C)C[C@@H](NC(=O)N(CC(F)(F)F)C(C)C)C(=O)O. The molecule has 0 aliphatic rings. The summed E-state index contributed by atoms with van der Waals surface area (Å²) in [5.74, 6) is -1.27. The third-order valence-corrected chi connectivity index (χ3v) is 2.54. The fourth-order valence-electron chi connectivity index (χ4n) is 1.61. The molecule has 0 radical (unpaired) electrons. The van der Waals surface area contributed by atoms with E-state index >= 15 is 0 Å². The van der Waals surface area contributed by atoms with Gasteiger partial charge in [-0.1, -0.05) is 13.8 Å². The van der Waals surface area contributed by atoms with E-state index in [1.54, 1.807) is 13.8 Å². The van der Waals surface area contributed by atoms with E-state index in [0.717, 1.165) is 0 Å². The number of aliphatic carboxylic acids is 1. The molecular weight excluding hydrogens is 277 g/mol. The summed E-state index contributed by atoms with van der Waals surface area (Å²) in [6.45, 7) is 4.98. The van der Waals surface area contributed by atoms with Crippen molar-refractivity contribution in [2.75, 3.05) is 6.54 Å². The van der Waals surface area contributed by atoms with E-state index < -0.39 is 36.8 Å². The number of carboxylic acids is 1. The van der Waals surface area contributed by atoms with Crippen LogP contribution in [0, 0.1) is 5.92 Å². The number of alkyl halides is 3. The normalized spacial score (nSPS) is 13.4. The minimum Gasteiger partial charge on any atom is -0.480 e. The van der Waals surface area contributed by atoms with Gasteiger partial charge >= 0.3 is 18.2 Å². The number of carbonyl (C=O) groups excluding carboxylic acids is 1. The molecule has 118 valence electrons. The zero-order chi connectivity index (χ0) is 16.1. The molecule has 0 heterocycles. The largest absolute Gasteiger partial charge is 0.480 e. The van der Waals surface area contributed by atoms with Crippen molar-refractivity contribution in [3.63, 3.8) is 0 Å². The molecule has 0 bridgehead atoms. The molecule has 0 saturated carbocycles. The van der Waals surface area contributed by atoms with Gasteiger partial charge in [-0.05, 0) is 26.2 Å². The lowest BCUT2D eigenvalue weighted by atomic mass is 10.0. The molecule has 0 aromatic heterocycles. The van der Waals surface area contributed by atoms with Gasteiger partial charge in [0, 0.05) is 6.04 Å². The number of nitrogens with zero attached hydrogens (tertiary/aromatic N) is 1. The number of hydrogen-bond acceptors (Lipinski definition) is 2. The van der Waals surface area contributed by atoms with Gasteiger partial charge in [0.1, 0.15) is 12.6 Å². The Labute approximate surface area is 116 Å². The van der Waals surface area contributed by atoms with E-state index in [1.807, 2.05) is 0 Å². The first-order valence-electron chi connectivity index (χ1n) is 6.30. The highest BCUT2D eigenvalue weighted by Gasteiger charge is 2.35. The van der Waals surface area contributed by atoms with Gasteiger partial charge in [-0.15, -0.1) is 0 Å². The van der Waals surface area contributed by atoms with E-state index in [4.69, 9.17) is 5.11 Å². The second kappa shape index (κ2) is 7.35. The molecule has 0 spiro atoms. The Hall–Kier alpha value is -1.47. The third-order valence-electron chi connectivity index (χ3n) is 2.54. The number of halogens is 3. The van der Waals surface area contributed by atoms with Crippen LogP contribution in [0.1, 0.15) is 34.1 Å². The van der Waals surface area contributed by atoms with Gasteiger partial charge in [-0.25, -0.2) is 9.59 Å². The molecule has 2 amide bonds. The van der Waals surface area contributed by atoms with Gasteiger partial charge in [-0.2, -0.15) is 13.2 Å². The second-order valence-corrected chi connectivity index (χ2v) is 5.31. The standard InChI is InChI=1S/C12H21F3N2O3/c1-7(2)5-9(10(18)19)16-11(20)17(8(3)4)6-12(13,14)15/h7-9H,5-6H2,1-4H3,(H,16,20)(H,18,19)/t9-/m1/s1. The smallest absolute Gasteiger partial charge is 0.406 e. The Balaban J connectivity index is 4.85. The van der Waals surface area contributed by atoms with Gasteiger partial charge in [0.25, 0.3) is 0 Å². The number of amides is 2. The van der Waals surface area contributed by atoms with Gasteiger partial charge in [0.15, 0.2) is 0 Å². The molecule has 5 nitrogen and oxygen atoms in total. The maximum absolute atomic E-state index is 12.4. The van der Waals surface area contributed by atoms with Crippen LogP contribution in [-0.4, -0.2) is 46.8 Å². The van der Waals surface area contributed by atoms with E-state index in [-0.39, 0.29) is 12.3 Å². The Morgan fingerprint density at radius 2 is 1.70 bits per heavy atom. The summed E-state index contributed by atoms with van der Waals surface area (Å²) in [5.41, 5.74) is 0. The summed E-state index contributed by atoms with van der Waals surface area (Å²) in [4.78, 5) is 23.4. The summed E-state index contributed by atoms with van der Waals surface area (Å²) in [5, 5.41) is 11.1. The number of urea groups is 1. The van der Waals surface area contributed by atoms with Crippen molar-refractivity contribution in [1.29, 1.82) is 0 Å². The molecule has 0 rings (SSSR count). The number of carbonyl (C=O) groups is 2. The van der Waals surface area contributed by atoms with Crippen molar-refractivity contribution in [2.24, 2.45) is 5.92 Å². The molecule has 20 heavy (non-hydrogen) atoms. The Morgan fingerprint density at radius 3 is 2.00 bits per heavy atom. The van der Waals surface area contributed by atoms with Gasteiger partial charge < -0.3 is 15.3 Å². The zero-order valence-electron chi connectivity index (χ0n) is 12.0. The zero-order valence-corrected chi connectivity index (χ0v) is 12.0. The summed E-state index contributed by atoms with van der Waals surface area (Å²) < 4.78 is 37.2. The maximum Gasteiger partial charge on any atom is 0.406 e. The maximum atomic E-state index is 12.4. The Morgan fingerprint density at radius 1 is 1.20 bits per heavy atom. The highest BCUT2D eigenvalue weighted by molar-refractivity contribution is 5.82. The predicted molar refractivity (Wildman–Crippen MR) is 67.3 cm³/mol. The minimum absolute atomic E-state index is 0.00786. The van der Waals surface area contributed by atoms with E-state index in [0.29, 0.717) is 4.90 Å². The van der Waals surface area contributed by atoms with Crippen molar-refractivity contribution in [3.8, 4) is 0 Å². The van der Waals surface area contributed by atoms with Crippen LogP contribution in [0.5, 0.6) is 0 Å². The van der Waals surface area contributed by atoms with E-state index in [1.165, 1.54) is 13.8 Å². The van der Waals surface area contributed by atoms with E-state index in [2.05, 4.69) is 5.32 Å². The highest BCUT2D eigenvalue weighted by Crippen LogP contribution is 2.18. The predicted octanol–water partition coefficient (Wildman–Crippen LogP) is 2.47. The van der Waals surface area contributed by atoms with Gasteiger partial charge in [0.2, 0.25) is 0 Å². The van der Waals surface area contributed by atoms with Crippen LogP contribution < -0.4 is 5.32 Å². The Kier molecular flexibility index (Phi) is 6.81. The highest BCUT2D eigenvalue weighted by atomic mass is 19.4. The molecule has 0 saturated heterocycles. The fourth-order valence-corrected chi connectivity index (χ4v) is 1.61.